The highest BCUT2D eigenvalue weighted by Gasteiger charge is 2.30. The van der Waals surface area contributed by atoms with Crippen LogP contribution in [0.1, 0.15) is 16.7 Å². The van der Waals surface area contributed by atoms with Gasteiger partial charge in [0.15, 0.2) is 0 Å². The number of benzene rings is 3. The molecule has 0 fully saturated rings. The lowest BCUT2D eigenvalue weighted by atomic mass is 9.89. The van der Waals surface area contributed by atoms with Crippen LogP contribution in [0, 0.1) is 6.92 Å². The number of hydrogen-bond donors (Lipinski definition) is 2. The number of carbonyl (C=O) groups is 2. The number of anilines is 2. The predicted octanol–water partition coefficient (Wildman–Crippen LogP) is 5.72. The lowest BCUT2D eigenvalue weighted by Crippen LogP contribution is -2.30. The molecule has 1 aliphatic carbocycles. The van der Waals surface area contributed by atoms with Crippen LogP contribution in [-0.4, -0.2) is 17.4 Å². The highest BCUT2D eigenvalue weighted by molar-refractivity contribution is 6.59. The number of carbonyl (C=O) groups excluding carboxylic acids is 2. The first-order valence-corrected chi connectivity index (χ1v) is 10.2. The van der Waals surface area contributed by atoms with E-state index in [1.54, 1.807) is 48.5 Å². The maximum absolute atomic E-state index is 13.2. The Morgan fingerprint density at radius 1 is 0.968 bits per heavy atom. The molecular formula is C24H17Cl2N3O2. The molecule has 31 heavy (non-hydrogen) atoms. The zero-order valence-electron chi connectivity index (χ0n) is 16.4. The highest BCUT2D eigenvalue weighted by atomic mass is 35.5. The lowest BCUT2D eigenvalue weighted by molar-refractivity contribution is -0.116. The van der Waals surface area contributed by atoms with Gasteiger partial charge < -0.3 is 5.32 Å². The summed E-state index contributed by atoms with van der Waals surface area (Å²) >= 11 is 12.2. The van der Waals surface area contributed by atoms with Crippen molar-refractivity contribution in [3.05, 3.63) is 99.0 Å². The maximum atomic E-state index is 13.2. The average molecular weight is 450 g/mol. The summed E-state index contributed by atoms with van der Waals surface area (Å²) in [5.74, 6) is -0.995. The van der Waals surface area contributed by atoms with Crippen molar-refractivity contribution < 1.29 is 9.59 Å². The van der Waals surface area contributed by atoms with Gasteiger partial charge in [-0.15, -0.1) is 0 Å². The molecular weight excluding hydrogens is 433 g/mol. The monoisotopic (exact) mass is 449 g/mol. The number of fused-ring (bicyclic) bond motifs is 1. The molecule has 0 heterocycles. The van der Waals surface area contributed by atoms with Gasteiger partial charge in [0.05, 0.1) is 16.3 Å². The van der Waals surface area contributed by atoms with Crippen LogP contribution < -0.4 is 10.7 Å². The second-order valence-electron chi connectivity index (χ2n) is 6.99. The maximum Gasteiger partial charge on any atom is 0.259 e. The fourth-order valence-electron chi connectivity index (χ4n) is 3.12. The number of nitrogens with zero attached hydrogens (tertiary/aromatic N) is 1. The van der Waals surface area contributed by atoms with E-state index in [0.29, 0.717) is 32.5 Å². The molecule has 0 unspecified atom stereocenters. The van der Waals surface area contributed by atoms with Gasteiger partial charge in [0.1, 0.15) is 5.71 Å². The molecule has 3 aromatic rings. The SMILES string of the molecule is Cc1ccc(NC(=O)C2=Cc3ccccc3/C(=N/Nc3cc(Cl)ccc3Cl)C2=O)cc1. The van der Waals surface area contributed by atoms with Gasteiger partial charge in [-0.3, -0.25) is 15.0 Å². The van der Waals surface area contributed by atoms with E-state index < -0.39 is 11.7 Å². The summed E-state index contributed by atoms with van der Waals surface area (Å²) < 4.78 is 0. The molecule has 7 heteroatoms. The number of rotatable bonds is 4. The van der Waals surface area contributed by atoms with E-state index in [1.807, 2.05) is 31.2 Å². The summed E-state index contributed by atoms with van der Waals surface area (Å²) in [6, 6.07) is 19.5. The molecule has 0 atom stereocenters. The minimum atomic E-state index is -0.503. The molecule has 4 rings (SSSR count). The topological polar surface area (TPSA) is 70.6 Å². The average Bonchev–Trinajstić information content (AvgIpc) is 2.76. The number of amides is 1. The third-order valence-electron chi connectivity index (χ3n) is 4.75. The second kappa shape index (κ2) is 8.76. The second-order valence-corrected chi connectivity index (χ2v) is 7.83. The van der Waals surface area contributed by atoms with E-state index >= 15 is 0 Å². The molecule has 0 bridgehead atoms. The van der Waals surface area contributed by atoms with Crippen LogP contribution in [0.3, 0.4) is 0 Å². The summed E-state index contributed by atoms with van der Waals surface area (Å²) in [5.41, 5.74) is 6.37. The molecule has 154 valence electrons. The van der Waals surface area contributed by atoms with Crippen molar-refractivity contribution in [3.8, 4) is 0 Å². The fraction of sp³-hybridized carbons (Fsp3) is 0.0417. The van der Waals surface area contributed by atoms with E-state index in [4.69, 9.17) is 23.2 Å². The van der Waals surface area contributed by atoms with Crippen molar-refractivity contribution in [2.75, 3.05) is 10.7 Å². The molecule has 2 N–H and O–H groups in total. The third kappa shape index (κ3) is 4.53. The number of halogens is 2. The van der Waals surface area contributed by atoms with Crippen LogP contribution in [0.2, 0.25) is 10.0 Å². The van der Waals surface area contributed by atoms with Crippen molar-refractivity contribution in [2.45, 2.75) is 6.92 Å². The summed E-state index contributed by atoms with van der Waals surface area (Å²) in [4.78, 5) is 26.1. The van der Waals surface area contributed by atoms with E-state index in [1.165, 1.54) is 0 Å². The zero-order valence-corrected chi connectivity index (χ0v) is 18.0. The van der Waals surface area contributed by atoms with Gasteiger partial charge >= 0.3 is 0 Å². The van der Waals surface area contributed by atoms with Gasteiger partial charge in [0.2, 0.25) is 5.78 Å². The largest absolute Gasteiger partial charge is 0.322 e. The van der Waals surface area contributed by atoms with Gasteiger partial charge in [0, 0.05) is 16.3 Å². The molecule has 1 aliphatic rings. The molecule has 0 spiro atoms. The van der Waals surface area contributed by atoms with Crippen LogP contribution in [0.4, 0.5) is 11.4 Å². The minimum Gasteiger partial charge on any atom is -0.322 e. The first-order chi connectivity index (χ1) is 14.9. The van der Waals surface area contributed by atoms with Gasteiger partial charge in [-0.05, 0) is 48.9 Å². The van der Waals surface area contributed by atoms with Crippen molar-refractivity contribution in [1.82, 2.24) is 0 Å². The predicted molar refractivity (Wildman–Crippen MR) is 126 cm³/mol. The highest BCUT2D eigenvalue weighted by Crippen LogP contribution is 2.27. The quantitative estimate of drug-likeness (QED) is 0.395. The van der Waals surface area contributed by atoms with Crippen molar-refractivity contribution in [3.63, 3.8) is 0 Å². The van der Waals surface area contributed by atoms with Crippen LogP contribution in [0.5, 0.6) is 0 Å². The van der Waals surface area contributed by atoms with Crippen LogP contribution in [0.25, 0.3) is 6.08 Å². The fourth-order valence-corrected chi connectivity index (χ4v) is 3.46. The number of Topliss-reactive ketones (excluding diaryl/α,β-unsaturated/α-hetero) is 1. The number of nitrogens with one attached hydrogen (secondary N) is 2. The molecule has 3 aromatic carbocycles. The van der Waals surface area contributed by atoms with Gasteiger partial charge in [-0.25, -0.2) is 0 Å². The zero-order chi connectivity index (χ0) is 22.0. The van der Waals surface area contributed by atoms with Crippen LogP contribution >= 0.6 is 23.2 Å². The van der Waals surface area contributed by atoms with E-state index in [9.17, 15) is 9.59 Å². The van der Waals surface area contributed by atoms with Gasteiger partial charge in [0.25, 0.3) is 5.91 Å². The summed E-state index contributed by atoms with van der Waals surface area (Å²) in [6.07, 6.45) is 1.58. The van der Waals surface area contributed by atoms with Gasteiger partial charge in [-0.2, -0.15) is 5.10 Å². The minimum absolute atomic E-state index is 0.00276. The Labute approximate surface area is 189 Å². The number of ketones is 1. The van der Waals surface area contributed by atoms with Crippen molar-refractivity contribution in [1.29, 1.82) is 0 Å². The standard InChI is InChI=1S/C24H17Cl2N3O2/c1-14-6-9-17(10-7-14)27-24(31)19-12-15-4-2-3-5-18(15)22(23(19)30)29-28-21-13-16(25)8-11-20(21)26/h2-13,28H,1H3,(H,27,31)/b29-22-. The molecule has 0 saturated heterocycles. The Morgan fingerprint density at radius 3 is 2.48 bits per heavy atom. The summed E-state index contributed by atoms with van der Waals surface area (Å²) in [5, 5.41) is 7.93. The van der Waals surface area contributed by atoms with E-state index in [-0.39, 0.29) is 11.3 Å². The number of aryl methyl sites for hydroxylation is 1. The summed E-state index contributed by atoms with van der Waals surface area (Å²) in [7, 11) is 0. The molecule has 0 aliphatic heterocycles. The first kappa shape index (κ1) is 20.8. The molecule has 0 radical (unpaired) electrons. The lowest BCUT2D eigenvalue weighted by Gasteiger charge is -2.17. The van der Waals surface area contributed by atoms with Crippen LogP contribution in [0.15, 0.2) is 77.4 Å². The molecule has 1 amide bonds. The Bertz CT molecular complexity index is 1250. The normalized spacial score (nSPS) is 14.1. The van der Waals surface area contributed by atoms with Crippen molar-refractivity contribution in [2.24, 2.45) is 5.10 Å². The Balaban J connectivity index is 1.68. The summed E-state index contributed by atoms with van der Waals surface area (Å²) in [6.45, 7) is 1.96. The number of hydrazone groups is 1. The Kier molecular flexibility index (Phi) is 5.89. The first-order valence-electron chi connectivity index (χ1n) is 9.45. The smallest absolute Gasteiger partial charge is 0.259 e. The Hall–Kier alpha value is -3.41. The molecule has 5 nitrogen and oxygen atoms in total. The van der Waals surface area contributed by atoms with Crippen molar-refractivity contribution >= 4 is 58.1 Å². The van der Waals surface area contributed by atoms with Gasteiger partial charge in [-0.1, -0.05) is 65.2 Å². The Morgan fingerprint density at radius 2 is 1.71 bits per heavy atom. The molecule has 0 aromatic heterocycles. The number of hydrogen-bond acceptors (Lipinski definition) is 4. The molecule has 0 saturated carbocycles. The van der Waals surface area contributed by atoms with E-state index in [0.717, 1.165) is 5.56 Å². The van der Waals surface area contributed by atoms with E-state index in [2.05, 4.69) is 15.8 Å². The third-order valence-corrected chi connectivity index (χ3v) is 5.31. The van der Waals surface area contributed by atoms with Crippen LogP contribution in [-0.2, 0) is 9.59 Å².